The van der Waals surface area contributed by atoms with Crippen molar-refractivity contribution >= 4 is 5.71 Å². The van der Waals surface area contributed by atoms with Gasteiger partial charge in [-0.05, 0) is 43.5 Å². The topological polar surface area (TPSA) is 40.2 Å². The van der Waals surface area contributed by atoms with Gasteiger partial charge in [0.1, 0.15) is 0 Å². The van der Waals surface area contributed by atoms with Gasteiger partial charge in [-0.15, -0.1) is 0 Å². The number of nitrogens with zero attached hydrogens (tertiary/aromatic N) is 1. The monoisotopic (exact) mass is 269 g/mol. The van der Waals surface area contributed by atoms with Gasteiger partial charge < -0.3 is 10.3 Å². The van der Waals surface area contributed by atoms with E-state index in [4.69, 9.17) is 4.99 Å². The van der Waals surface area contributed by atoms with Crippen molar-refractivity contribution in [2.24, 2.45) is 4.99 Å². The standard InChI is InChI=1S/C17H23N3/c1-13-11-16(15-9-6-10-18-15)20-17(13)12-19-14-7-4-2-3-5-8-14/h6,9-12,14,18-19H,2-5,7-8H2,1H3/b17-12+. The molecule has 3 rings (SSSR count). The van der Waals surface area contributed by atoms with Crippen LogP contribution in [-0.4, -0.2) is 16.7 Å². The number of H-pyrrole nitrogens is 1. The Balaban J connectivity index is 1.67. The van der Waals surface area contributed by atoms with Gasteiger partial charge in [0.2, 0.25) is 0 Å². The molecule has 2 N–H and O–H groups in total. The van der Waals surface area contributed by atoms with Crippen molar-refractivity contribution in [1.82, 2.24) is 10.3 Å². The van der Waals surface area contributed by atoms with E-state index in [0.717, 1.165) is 17.1 Å². The SMILES string of the molecule is CC1=CC(c2ccc[nH]2)=N/C1=C/NC1CCCCCC1. The summed E-state index contributed by atoms with van der Waals surface area (Å²) in [5.74, 6) is 0. The highest BCUT2D eigenvalue weighted by molar-refractivity contribution is 6.10. The van der Waals surface area contributed by atoms with E-state index in [0.29, 0.717) is 6.04 Å². The second-order valence-electron chi connectivity index (χ2n) is 5.79. The van der Waals surface area contributed by atoms with E-state index in [1.807, 2.05) is 12.3 Å². The normalized spacial score (nSPS) is 22.6. The zero-order chi connectivity index (χ0) is 13.8. The Morgan fingerprint density at radius 1 is 1.25 bits per heavy atom. The van der Waals surface area contributed by atoms with Crippen LogP contribution in [0.3, 0.4) is 0 Å². The molecule has 1 aliphatic heterocycles. The summed E-state index contributed by atoms with van der Waals surface area (Å²) in [6.07, 6.45) is 14.3. The highest BCUT2D eigenvalue weighted by atomic mass is 14.9. The Morgan fingerprint density at radius 3 is 2.75 bits per heavy atom. The minimum atomic E-state index is 0.627. The summed E-state index contributed by atoms with van der Waals surface area (Å²) in [4.78, 5) is 7.92. The summed E-state index contributed by atoms with van der Waals surface area (Å²) in [7, 11) is 0. The third-order valence-corrected chi connectivity index (χ3v) is 4.18. The molecule has 1 saturated carbocycles. The average Bonchev–Trinajstić information content (AvgIpc) is 3.01. The van der Waals surface area contributed by atoms with Crippen LogP contribution in [0.5, 0.6) is 0 Å². The van der Waals surface area contributed by atoms with Crippen molar-refractivity contribution in [3.05, 3.63) is 47.6 Å². The smallest absolute Gasteiger partial charge is 0.0875 e. The van der Waals surface area contributed by atoms with Crippen molar-refractivity contribution in [2.75, 3.05) is 0 Å². The molecule has 1 aromatic heterocycles. The molecule has 2 aliphatic rings. The molecule has 2 heterocycles. The van der Waals surface area contributed by atoms with Gasteiger partial charge in [-0.3, -0.25) is 0 Å². The summed E-state index contributed by atoms with van der Waals surface area (Å²) < 4.78 is 0. The van der Waals surface area contributed by atoms with E-state index >= 15 is 0 Å². The quantitative estimate of drug-likeness (QED) is 0.802. The van der Waals surface area contributed by atoms with Gasteiger partial charge in [0, 0.05) is 18.4 Å². The van der Waals surface area contributed by atoms with Gasteiger partial charge in [0.05, 0.1) is 17.1 Å². The fourth-order valence-electron chi connectivity index (χ4n) is 2.95. The predicted molar refractivity (Wildman–Crippen MR) is 83.8 cm³/mol. The van der Waals surface area contributed by atoms with Gasteiger partial charge >= 0.3 is 0 Å². The molecule has 0 aromatic carbocycles. The molecule has 3 nitrogen and oxygen atoms in total. The van der Waals surface area contributed by atoms with Crippen molar-refractivity contribution in [2.45, 2.75) is 51.5 Å². The maximum absolute atomic E-state index is 4.71. The van der Waals surface area contributed by atoms with Crippen LogP contribution in [0.15, 0.2) is 46.9 Å². The lowest BCUT2D eigenvalue weighted by Crippen LogP contribution is -2.23. The van der Waals surface area contributed by atoms with Crippen molar-refractivity contribution in [1.29, 1.82) is 0 Å². The van der Waals surface area contributed by atoms with E-state index in [1.165, 1.54) is 44.1 Å². The van der Waals surface area contributed by atoms with Crippen molar-refractivity contribution in [3.8, 4) is 0 Å². The van der Waals surface area contributed by atoms with Crippen LogP contribution in [0.25, 0.3) is 0 Å². The molecule has 1 aliphatic carbocycles. The summed E-state index contributed by atoms with van der Waals surface area (Å²) in [5.41, 5.74) is 4.42. The highest BCUT2D eigenvalue weighted by Gasteiger charge is 2.14. The molecule has 1 aromatic rings. The second-order valence-corrected chi connectivity index (χ2v) is 5.79. The number of nitrogens with one attached hydrogen (secondary N) is 2. The Bertz CT molecular complexity index is 527. The lowest BCUT2D eigenvalue weighted by molar-refractivity contribution is 0.515. The first-order chi connectivity index (χ1) is 9.83. The number of aromatic nitrogens is 1. The first-order valence-electron chi connectivity index (χ1n) is 7.70. The van der Waals surface area contributed by atoms with Crippen LogP contribution < -0.4 is 5.32 Å². The summed E-state index contributed by atoms with van der Waals surface area (Å²) in [6.45, 7) is 2.13. The van der Waals surface area contributed by atoms with Crippen LogP contribution in [0, 0.1) is 0 Å². The Kier molecular flexibility index (Phi) is 4.05. The van der Waals surface area contributed by atoms with Gasteiger partial charge in [-0.1, -0.05) is 25.7 Å². The fraction of sp³-hybridized carbons (Fsp3) is 0.471. The van der Waals surface area contributed by atoms with Crippen molar-refractivity contribution in [3.63, 3.8) is 0 Å². The molecule has 0 atom stereocenters. The molecule has 20 heavy (non-hydrogen) atoms. The number of allylic oxidation sites excluding steroid dienone is 2. The molecular weight excluding hydrogens is 246 g/mol. The molecule has 0 amide bonds. The first-order valence-corrected chi connectivity index (χ1v) is 7.70. The molecule has 0 radical (unpaired) electrons. The largest absolute Gasteiger partial charge is 0.386 e. The minimum Gasteiger partial charge on any atom is -0.386 e. The van der Waals surface area contributed by atoms with Crippen molar-refractivity contribution < 1.29 is 0 Å². The number of aliphatic imine (C=N–C) groups is 1. The Morgan fingerprint density at radius 2 is 2.05 bits per heavy atom. The highest BCUT2D eigenvalue weighted by Crippen LogP contribution is 2.22. The zero-order valence-corrected chi connectivity index (χ0v) is 12.2. The van der Waals surface area contributed by atoms with E-state index in [-0.39, 0.29) is 0 Å². The van der Waals surface area contributed by atoms with Crippen LogP contribution in [-0.2, 0) is 0 Å². The molecule has 0 spiro atoms. The lowest BCUT2D eigenvalue weighted by atomic mass is 10.1. The van der Waals surface area contributed by atoms with E-state index in [2.05, 4.69) is 35.6 Å². The molecule has 0 saturated heterocycles. The average molecular weight is 269 g/mol. The summed E-state index contributed by atoms with van der Waals surface area (Å²) in [5, 5.41) is 3.58. The van der Waals surface area contributed by atoms with Gasteiger partial charge in [-0.25, -0.2) is 4.99 Å². The van der Waals surface area contributed by atoms with Gasteiger partial charge in [0.15, 0.2) is 0 Å². The summed E-state index contributed by atoms with van der Waals surface area (Å²) in [6, 6.07) is 4.69. The molecular formula is C17H23N3. The Hall–Kier alpha value is -1.77. The molecule has 0 unspecified atom stereocenters. The minimum absolute atomic E-state index is 0.627. The fourth-order valence-corrected chi connectivity index (χ4v) is 2.95. The molecule has 0 bridgehead atoms. The zero-order valence-electron chi connectivity index (χ0n) is 12.2. The maximum atomic E-state index is 4.71. The summed E-state index contributed by atoms with van der Waals surface area (Å²) >= 11 is 0. The number of aromatic amines is 1. The predicted octanol–water partition coefficient (Wildman–Crippen LogP) is 3.92. The van der Waals surface area contributed by atoms with Crippen LogP contribution in [0.4, 0.5) is 0 Å². The van der Waals surface area contributed by atoms with Gasteiger partial charge in [-0.2, -0.15) is 0 Å². The van der Waals surface area contributed by atoms with Gasteiger partial charge in [0.25, 0.3) is 0 Å². The lowest BCUT2D eigenvalue weighted by Gasteiger charge is -2.14. The Labute approximate surface area is 120 Å². The van der Waals surface area contributed by atoms with E-state index in [9.17, 15) is 0 Å². The second kappa shape index (κ2) is 6.12. The van der Waals surface area contributed by atoms with Crippen LogP contribution in [0.1, 0.15) is 51.1 Å². The number of rotatable bonds is 3. The third-order valence-electron chi connectivity index (χ3n) is 4.18. The molecule has 3 heteroatoms. The number of hydrogen-bond donors (Lipinski definition) is 2. The third kappa shape index (κ3) is 3.03. The number of hydrogen-bond acceptors (Lipinski definition) is 2. The maximum Gasteiger partial charge on any atom is 0.0875 e. The van der Waals surface area contributed by atoms with Crippen LogP contribution >= 0.6 is 0 Å². The molecule has 106 valence electrons. The van der Waals surface area contributed by atoms with Crippen LogP contribution in [0.2, 0.25) is 0 Å². The molecule has 1 fully saturated rings. The van der Waals surface area contributed by atoms with E-state index < -0.39 is 0 Å². The van der Waals surface area contributed by atoms with E-state index in [1.54, 1.807) is 0 Å². The first kappa shape index (κ1) is 13.2.